The number of phenols is 2. The van der Waals surface area contributed by atoms with Crippen LogP contribution in [-0.2, 0) is 0 Å². The van der Waals surface area contributed by atoms with Gasteiger partial charge in [-0.05, 0) is 36.4 Å². The first-order chi connectivity index (χ1) is 10.0. The molecule has 0 aliphatic rings. The fraction of sp³-hybridized carbons (Fsp3) is 0. The van der Waals surface area contributed by atoms with Crippen molar-refractivity contribution in [2.24, 2.45) is 0 Å². The number of carbonyl (C=O) groups excluding carboxylic acids is 1. The maximum Gasteiger partial charge on any atom is 0.336 e. The van der Waals surface area contributed by atoms with E-state index in [9.17, 15) is 19.8 Å². The smallest absolute Gasteiger partial charge is 0.336 e. The molecule has 0 aliphatic carbocycles. The third-order valence-electron chi connectivity index (χ3n) is 3.11. The zero-order valence-electron chi connectivity index (χ0n) is 10.7. The fourth-order valence-electron chi connectivity index (χ4n) is 2.08. The average Bonchev–Trinajstić information content (AvgIpc) is 2.46. The lowest BCUT2D eigenvalue weighted by Gasteiger charge is -2.05. The highest BCUT2D eigenvalue weighted by atomic mass is 16.4. The number of fused-ring (bicyclic) bond motifs is 1. The van der Waals surface area contributed by atoms with E-state index < -0.39 is 5.63 Å². The first-order valence-electron chi connectivity index (χ1n) is 6.15. The minimum atomic E-state index is -0.460. The van der Waals surface area contributed by atoms with Crippen LogP contribution in [0.1, 0.15) is 15.9 Å². The summed E-state index contributed by atoms with van der Waals surface area (Å²) in [7, 11) is 0. The highest BCUT2D eigenvalue weighted by molar-refractivity contribution is 6.12. The summed E-state index contributed by atoms with van der Waals surface area (Å²) in [6.07, 6.45) is 0. The van der Waals surface area contributed by atoms with Gasteiger partial charge in [0.15, 0.2) is 5.78 Å². The van der Waals surface area contributed by atoms with Crippen molar-refractivity contribution >= 4 is 16.8 Å². The number of carbonyl (C=O) groups is 1. The van der Waals surface area contributed by atoms with Gasteiger partial charge in [0.1, 0.15) is 17.1 Å². The summed E-state index contributed by atoms with van der Waals surface area (Å²) in [5.74, 6) is -0.801. The summed E-state index contributed by atoms with van der Waals surface area (Å²) < 4.78 is 4.99. The maximum atomic E-state index is 12.4. The molecule has 2 N–H and O–H groups in total. The molecule has 5 heteroatoms. The second kappa shape index (κ2) is 4.79. The van der Waals surface area contributed by atoms with Crippen LogP contribution >= 0.6 is 0 Å². The number of benzene rings is 2. The molecule has 1 aromatic heterocycles. The summed E-state index contributed by atoms with van der Waals surface area (Å²) in [5, 5.41) is 19.6. The van der Waals surface area contributed by atoms with E-state index >= 15 is 0 Å². The normalized spacial score (nSPS) is 10.7. The number of hydrogen-bond donors (Lipinski definition) is 2. The molecule has 0 aliphatic heterocycles. The van der Waals surface area contributed by atoms with Crippen molar-refractivity contribution in [1.82, 2.24) is 0 Å². The van der Waals surface area contributed by atoms with E-state index in [1.54, 1.807) is 12.1 Å². The first-order valence-corrected chi connectivity index (χ1v) is 6.15. The third kappa shape index (κ3) is 2.36. The molecule has 0 atom stereocenters. The van der Waals surface area contributed by atoms with Crippen molar-refractivity contribution in [3.63, 3.8) is 0 Å². The van der Waals surface area contributed by atoms with Crippen LogP contribution in [-0.4, -0.2) is 16.0 Å². The predicted molar refractivity (Wildman–Crippen MR) is 75.7 cm³/mol. The molecular weight excluding hydrogens is 272 g/mol. The van der Waals surface area contributed by atoms with Crippen LogP contribution in [0.3, 0.4) is 0 Å². The lowest BCUT2D eigenvalue weighted by molar-refractivity contribution is 0.103. The zero-order valence-corrected chi connectivity index (χ0v) is 10.7. The van der Waals surface area contributed by atoms with Crippen LogP contribution in [0, 0.1) is 0 Å². The van der Waals surface area contributed by atoms with Gasteiger partial charge in [-0.1, -0.05) is 0 Å². The van der Waals surface area contributed by atoms with E-state index in [0.29, 0.717) is 16.5 Å². The van der Waals surface area contributed by atoms with Gasteiger partial charge in [0.2, 0.25) is 0 Å². The summed E-state index contributed by atoms with van der Waals surface area (Å²) in [5.41, 5.74) is 0.355. The molecule has 1 heterocycles. The van der Waals surface area contributed by atoms with E-state index in [2.05, 4.69) is 0 Å². The van der Waals surface area contributed by atoms with E-state index in [4.69, 9.17) is 4.42 Å². The van der Waals surface area contributed by atoms with Crippen molar-refractivity contribution in [1.29, 1.82) is 0 Å². The van der Waals surface area contributed by atoms with Crippen LogP contribution in [0.5, 0.6) is 11.5 Å². The average molecular weight is 282 g/mol. The Morgan fingerprint density at radius 1 is 0.952 bits per heavy atom. The minimum absolute atomic E-state index is 0.0875. The van der Waals surface area contributed by atoms with E-state index in [1.165, 1.54) is 30.3 Å². The van der Waals surface area contributed by atoms with Gasteiger partial charge in [-0.2, -0.15) is 0 Å². The van der Waals surface area contributed by atoms with Gasteiger partial charge in [0.25, 0.3) is 0 Å². The lowest BCUT2D eigenvalue weighted by atomic mass is 10.0. The molecule has 104 valence electrons. The number of phenolic OH excluding ortho intramolecular Hbond substituents is 2. The number of rotatable bonds is 2. The predicted octanol–water partition coefficient (Wildman–Crippen LogP) is 2.44. The molecule has 21 heavy (non-hydrogen) atoms. The molecule has 0 unspecified atom stereocenters. The Morgan fingerprint density at radius 3 is 2.52 bits per heavy atom. The summed E-state index contributed by atoms with van der Waals surface area (Å²) in [6, 6.07) is 11.2. The molecule has 3 rings (SSSR count). The molecule has 0 bridgehead atoms. The van der Waals surface area contributed by atoms with Gasteiger partial charge in [0.05, 0.1) is 5.56 Å². The molecule has 0 saturated carbocycles. The Labute approximate surface area is 118 Å². The number of ketones is 1. The Morgan fingerprint density at radius 2 is 1.76 bits per heavy atom. The monoisotopic (exact) mass is 282 g/mol. The molecule has 3 aromatic rings. The molecule has 0 spiro atoms. The van der Waals surface area contributed by atoms with Crippen LogP contribution in [0.15, 0.2) is 57.7 Å². The first kappa shape index (κ1) is 12.9. The Kier molecular flexibility index (Phi) is 2.95. The van der Waals surface area contributed by atoms with Gasteiger partial charge >= 0.3 is 5.63 Å². The fourth-order valence-corrected chi connectivity index (χ4v) is 2.08. The third-order valence-corrected chi connectivity index (χ3v) is 3.11. The Hall–Kier alpha value is -3.08. The quantitative estimate of drug-likeness (QED) is 0.556. The number of hydrogen-bond acceptors (Lipinski definition) is 5. The standard InChI is InChI=1S/C16H10O5/c17-11-3-4-12(13(18)8-11)16(20)10-1-5-14-9(7-10)2-6-15(19)21-14/h1-8,17-18H. The van der Waals surface area contributed by atoms with Crippen LogP contribution in [0.2, 0.25) is 0 Å². The van der Waals surface area contributed by atoms with Gasteiger partial charge in [-0.15, -0.1) is 0 Å². The largest absolute Gasteiger partial charge is 0.508 e. The van der Waals surface area contributed by atoms with Gasteiger partial charge in [0, 0.05) is 23.1 Å². The van der Waals surface area contributed by atoms with Crippen molar-refractivity contribution in [2.45, 2.75) is 0 Å². The molecule has 2 aromatic carbocycles. The highest BCUT2D eigenvalue weighted by Crippen LogP contribution is 2.26. The topological polar surface area (TPSA) is 87.7 Å². The molecule has 0 radical (unpaired) electrons. The van der Waals surface area contributed by atoms with Gasteiger partial charge < -0.3 is 14.6 Å². The van der Waals surface area contributed by atoms with E-state index in [-0.39, 0.29) is 22.8 Å². The highest BCUT2D eigenvalue weighted by Gasteiger charge is 2.14. The van der Waals surface area contributed by atoms with Gasteiger partial charge in [-0.3, -0.25) is 4.79 Å². The van der Waals surface area contributed by atoms with E-state index in [1.807, 2.05) is 0 Å². The van der Waals surface area contributed by atoms with Crippen LogP contribution in [0.4, 0.5) is 0 Å². The van der Waals surface area contributed by atoms with Crippen molar-refractivity contribution in [2.75, 3.05) is 0 Å². The van der Waals surface area contributed by atoms with Crippen molar-refractivity contribution < 1.29 is 19.4 Å². The summed E-state index contributed by atoms with van der Waals surface area (Å²) >= 11 is 0. The van der Waals surface area contributed by atoms with Crippen LogP contribution < -0.4 is 5.63 Å². The molecule has 0 fully saturated rings. The Bertz CT molecular complexity index is 908. The molecule has 5 nitrogen and oxygen atoms in total. The second-order valence-corrected chi connectivity index (χ2v) is 4.54. The maximum absolute atomic E-state index is 12.4. The van der Waals surface area contributed by atoms with Crippen LogP contribution in [0.25, 0.3) is 11.0 Å². The molecular formula is C16H10O5. The number of aromatic hydroxyl groups is 2. The van der Waals surface area contributed by atoms with Crippen molar-refractivity contribution in [3.8, 4) is 11.5 Å². The van der Waals surface area contributed by atoms with Crippen molar-refractivity contribution in [3.05, 3.63) is 70.1 Å². The molecule has 0 saturated heterocycles. The minimum Gasteiger partial charge on any atom is -0.508 e. The second-order valence-electron chi connectivity index (χ2n) is 4.54. The summed E-state index contributed by atoms with van der Waals surface area (Å²) in [6.45, 7) is 0. The molecule has 0 amide bonds. The Balaban J connectivity index is 2.09. The lowest BCUT2D eigenvalue weighted by Crippen LogP contribution is -2.02. The zero-order chi connectivity index (χ0) is 15.0. The summed E-state index contributed by atoms with van der Waals surface area (Å²) in [4.78, 5) is 23.5. The SMILES string of the molecule is O=C(c1ccc2oc(=O)ccc2c1)c1ccc(O)cc1O. The van der Waals surface area contributed by atoms with E-state index in [0.717, 1.165) is 6.07 Å². The van der Waals surface area contributed by atoms with Gasteiger partial charge in [-0.25, -0.2) is 4.79 Å².